The molecule has 1 atom stereocenters. The van der Waals surface area contributed by atoms with Gasteiger partial charge in [-0.25, -0.2) is 4.39 Å². The van der Waals surface area contributed by atoms with Gasteiger partial charge < -0.3 is 10.2 Å². The van der Waals surface area contributed by atoms with Crippen molar-refractivity contribution in [2.24, 2.45) is 5.92 Å². The number of carbonyl (C=O) groups is 4. The zero-order valence-electron chi connectivity index (χ0n) is 16.2. The third-order valence-electron chi connectivity index (χ3n) is 5.96. The van der Waals surface area contributed by atoms with Crippen LogP contribution in [0.3, 0.4) is 0 Å². The number of hydrogen-bond donors (Lipinski definition) is 2. The van der Waals surface area contributed by atoms with E-state index in [1.165, 1.54) is 6.07 Å². The smallest absolute Gasteiger partial charge is 0.262 e. The lowest BCUT2D eigenvalue weighted by Gasteiger charge is -2.33. The number of amides is 4. The van der Waals surface area contributed by atoms with E-state index in [9.17, 15) is 23.6 Å². The van der Waals surface area contributed by atoms with Crippen LogP contribution in [0.25, 0.3) is 0 Å². The first kappa shape index (κ1) is 19.5. The van der Waals surface area contributed by atoms with Crippen molar-refractivity contribution in [3.63, 3.8) is 0 Å². The summed E-state index contributed by atoms with van der Waals surface area (Å²) in [5.41, 5.74) is 0.373. The molecule has 1 aromatic carbocycles. The van der Waals surface area contributed by atoms with Crippen LogP contribution in [0.1, 0.15) is 46.4 Å². The van der Waals surface area contributed by atoms with E-state index in [0.29, 0.717) is 24.7 Å². The van der Waals surface area contributed by atoms with Crippen LogP contribution in [0.2, 0.25) is 0 Å². The summed E-state index contributed by atoms with van der Waals surface area (Å²) in [6.45, 7) is 2.25. The van der Waals surface area contributed by atoms with Gasteiger partial charge in [0.1, 0.15) is 11.9 Å². The van der Waals surface area contributed by atoms with E-state index in [1.807, 2.05) is 11.9 Å². The van der Waals surface area contributed by atoms with Crippen LogP contribution in [0.5, 0.6) is 0 Å². The Morgan fingerprint density at radius 1 is 1.07 bits per heavy atom. The molecule has 29 heavy (non-hydrogen) atoms. The molecule has 3 heterocycles. The standard InChI is InChI=1S/C20H23FN4O4/c1-22-10-11-4-6-24(7-5-11)16-9-13-12(8-14(16)21)19(28)25(20(13)29)15-2-3-17(26)23-18(15)27/h8-9,11,15,22H,2-7,10H2,1H3,(H,23,26,27). The zero-order chi connectivity index (χ0) is 20.7. The molecular weight excluding hydrogens is 379 g/mol. The van der Waals surface area contributed by atoms with Gasteiger partial charge in [0.15, 0.2) is 0 Å². The average Bonchev–Trinajstić information content (AvgIpc) is 2.92. The van der Waals surface area contributed by atoms with E-state index < -0.39 is 35.5 Å². The van der Waals surface area contributed by atoms with Crippen molar-refractivity contribution in [3.8, 4) is 0 Å². The van der Waals surface area contributed by atoms with Gasteiger partial charge in [0, 0.05) is 19.5 Å². The summed E-state index contributed by atoms with van der Waals surface area (Å²) in [4.78, 5) is 51.9. The summed E-state index contributed by atoms with van der Waals surface area (Å²) in [5.74, 6) is -2.45. The maximum absolute atomic E-state index is 14.8. The molecular formula is C20H23FN4O4. The number of carbonyl (C=O) groups excluding carboxylic acids is 4. The minimum Gasteiger partial charge on any atom is -0.369 e. The van der Waals surface area contributed by atoms with Crippen LogP contribution in [0, 0.1) is 11.7 Å². The Hall–Kier alpha value is -2.81. The zero-order valence-corrected chi connectivity index (χ0v) is 16.2. The second kappa shape index (κ2) is 7.55. The van der Waals surface area contributed by atoms with E-state index in [1.54, 1.807) is 0 Å². The lowest BCUT2D eigenvalue weighted by Crippen LogP contribution is -2.54. The largest absolute Gasteiger partial charge is 0.369 e. The molecule has 3 aliphatic rings. The Kier molecular flexibility index (Phi) is 5.08. The number of halogens is 1. The average molecular weight is 402 g/mol. The maximum Gasteiger partial charge on any atom is 0.262 e. The number of nitrogens with zero attached hydrogens (tertiary/aromatic N) is 2. The van der Waals surface area contributed by atoms with Crippen molar-refractivity contribution < 1.29 is 23.6 Å². The van der Waals surface area contributed by atoms with E-state index in [-0.39, 0.29) is 24.0 Å². The third-order valence-corrected chi connectivity index (χ3v) is 5.96. The first-order valence-electron chi connectivity index (χ1n) is 9.85. The fourth-order valence-electron chi connectivity index (χ4n) is 4.39. The van der Waals surface area contributed by atoms with Crippen LogP contribution in [0.4, 0.5) is 10.1 Å². The molecule has 0 radical (unpaired) electrons. The Bertz CT molecular complexity index is 895. The highest BCUT2D eigenvalue weighted by atomic mass is 19.1. The fourth-order valence-corrected chi connectivity index (χ4v) is 4.39. The molecule has 3 aliphatic heterocycles. The molecule has 2 N–H and O–H groups in total. The number of hydrogen-bond acceptors (Lipinski definition) is 6. The summed E-state index contributed by atoms with van der Waals surface area (Å²) < 4.78 is 14.8. The summed E-state index contributed by atoms with van der Waals surface area (Å²) in [7, 11) is 1.91. The van der Waals surface area contributed by atoms with Gasteiger partial charge in [-0.2, -0.15) is 0 Å². The van der Waals surface area contributed by atoms with E-state index >= 15 is 0 Å². The molecule has 0 aromatic heterocycles. The van der Waals surface area contributed by atoms with Crippen LogP contribution < -0.4 is 15.5 Å². The SMILES string of the molecule is CNCC1CCN(c2cc3c(cc2F)C(=O)N(C2CCC(=O)NC2=O)C3=O)CC1. The summed E-state index contributed by atoms with van der Waals surface area (Å²) in [6, 6.07) is 1.47. The molecule has 0 spiro atoms. The number of imide groups is 2. The number of piperidine rings is 2. The van der Waals surface area contributed by atoms with Crippen molar-refractivity contribution in [2.45, 2.75) is 31.7 Å². The molecule has 1 aromatic rings. The first-order chi connectivity index (χ1) is 13.9. The number of benzene rings is 1. The van der Waals surface area contributed by atoms with Crippen LogP contribution in [-0.2, 0) is 9.59 Å². The molecule has 1 unspecified atom stereocenters. The minimum absolute atomic E-state index is 0.0361. The Labute approximate surface area is 167 Å². The Balaban J connectivity index is 1.58. The second-order valence-corrected chi connectivity index (χ2v) is 7.78. The molecule has 2 saturated heterocycles. The Morgan fingerprint density at radius 3 is 2.34 bits per heavy atom. The summed E-state index contributed by atoms with van der Waals surface area (Å²) >= 11 is 0. The molecule has 154 valence electrons. The van der Waals surface area contributed by atoms with Crippen molar-refractivity contribution in [2.75, 3.05) is 31.6 Å². The lowest BCUT2D eigenvalue weighted by molar-refractivity contribution is -0.136. The number of nitrogens with one attached hydrogen (secondary N) is 2. The molecule has 2 fully saturated rings. The van der Waals surface area contributed by atoms with Crippen LogP contribution >= 0.6 is 0 Å². The first-order valence-corrected chi connectivity index (χ1v) is 9.85. The van der Waals surface area contributed by atoms with Crippen LogP contribution in [0.15, 0.2) is 12.1 Å². The molecule has 0 saturated carbocycles. The molecule has 0 aliphatic carbocycles. The molecule has 4 amide bonds. The van der Waals surface area contributed by atoms with Crippen LogP contribution in [-0.4, -0.2) is 61.3 Å². The number of anilines is 1. The van der Waals surface area contributed by atoms with Gasteiger partial charge in [-0.3, -0.25) is 29.4 Å². The van der Waals surface area contributed by atoms with Gasteiger partial charge in [-0.05, 0) is 50.9 Å². The molecule has 0 bridgehead atoms. The van der Waals surface area contributed by atoms with Crippen molar-refractivity contribution in [3.05, 3.63) is 29.1 Å². The molecule has 4 rings (SSSR count). The summed E-state index contributed by atoms with van der Waals surface area (Å²) in [5, 5.41) is 5.31. The molecule has 8 nitrogen and oxygen atoms in total. The lowest BCUT2D eigenvalue weighted by atomic mass is 9.96. The fraction of sp³-hybridized carbons (Fsp3) is 0.500. The highest BCUT2D eigenvalue weighted by Gasteiger charge is 2.45. The predicted molar refractivity (Wildman–Crippen MR) is 102 cm³/mol. The van der Waals surface area contributed by atoms with Gasteiger partial charge >= 0.3 is 0 Å². The number of fused-ring (bicyclic) bond motifs is 1. The quantitative estimate of drug-likeness (QED) is 0.718. The number of rotatable bonds is 4. The second-order valence-electron chi connectivity index (χ2n) is 7.78. The van der Waals surface area contributed by atoms with Gasteiger partial charge in [0.25, 0.3) is 11.8 Å². The highest BCUT2D eigenvalue weighted by Crippen LogP contribution is 2.34. The van der Waals surface area contributed by atoms with E-state index in [2.05, 4.69) is 10.6 Å². The minimum atomic E-state index is -1.05. The van der Waals surface area contributed by atoms with E-state index in [0.717, 1.165) is 30.4 Å². The van der Waals surface area contributed by atoms with Crippen molar-refractivity contribution in [1.82, 2.24) is 15.5 Å². The molecule has 9 heteroatoms. The normalized spacial score (nSPS) is 22.9. The van der Waals surface area contributed by atoms with Gasteiger partial charge in [-0.1, -0.05) is 0 Å². The van der Waals surface area contributed by atoms with E-state index in [4.69, 9.17) is 0 Å². The van der Waals surface area contributed by atoms with Crippen molar-refractivity contribution in [1.29, 1.82) is 0 Å². The predicted octanol–water partition coefficient (Wildman–Crippen LogP) is 0.663. The summed E-state index contributed by atoms with van der Waals surface area (Å²) in [6.07, 6.45) is 1.94. The maximum atomic E-state index is 14.8. The highest BCUT2D eigenvalue weighted by molar-refractivity contribution is 6.23. The van der Waals surface area contributed by atoms with Gasteiger partial charge in [-0.15, -0.1) is 0 Å². The van der Waals surface area contributed by atoms with Gasteiger partial charge in [0.05, 0.1) is 16.8 Å². The van der Waals surface area contributed by atoms with Gasteiger partial charge in [0.2, 0.25) is 11.8 Å². The van der Waals surface area contributed by atoms with Crippen molar-refractivity contribution >= 4 is 29.3 Å². The Morgan fingerprint density at radius 2 is 1.72 bits per heavy atom. The third kappa shape index (κ3) is 3.39. The monoisotopic (exact) mass is 402 g/mol. The topological polar surface area (TPSA) is 98.8 Å².